The van der Waals surface area contributed by atoms with Gasteiger partial charge in [0.25, 0.3) is 0 Å². The van der Waals surface area contributed by atoms with Gasteiger partial charge in [0.2, 0.25) is 0 Å². The van der Waals surface area contributed by atoms with E-state index in [0.717, 1.165) is 44.9 Å². The number of rotatable bonds is 43. The predicted octanol–water partition coefficient (Wildman–Crippen LogP) is 16.1. The smallest absolute Gasteiger partial charge is 0.309 e. The molecule has 0 fully saturated rings. The Kier molecular flexibility index (Phi) is 43.0. The summed E-state index contributed by atoms with van der Waals surface area (Å²) in [6.07, 6.45) is 51.6. The molecular weight excluding hydrogens is 641 g/mol. The van der Waals surface area contributed by atoms with Crippen LogP contribution in [0.3, 0.4) is 0 Å². The molecule has 308 valence electrons. The molecule has 0 aliphatic carbocycles. The first-order valence-electron chi connectivity index (χ1n) is 23.6. The van der Waals surface area contributed by atoms with E-state index in [-0.39, 0.29) is 24.3 Å². The van der Waals surface area contributed by atoms with E-state index in [1.807, 2.05) is 0 Å². The first-order chi connectivity index (χ1) is 25.7. The lowest BCUT2D eigenvalue weighted by molar-refractivity contribution is -0.155. The third kappa shape index (κ3) is 39.9. The summed E-state index contributed by atoms with van der Waals surface area (Å²) in [5.74, 6) is -0.772. The van der Waals surface area contributed by atoms with Crippen molar-refractivity contribution in [3.8, 4) is 0 Å². The maximum absolute atomic E-state index is 13.1. The molecule has 0 amide bonds. The predicted molar refractivity (Wildman–Crippen MR) is 227 cm³/mol. The highest BCUT2D eigenvalue weighted by atomic mass is 16.5. The zero-order chi connectivity index (χ0) is 37.8. The molecule has 1 unspecified atom stereocenters. The molecule has 0 heterocycles. The lowest BCUT2D eigenvalue weighted by Crippen LogP contribution is -2.23. The third-order valence-corrected chi connectivity index (χ3v) is 10.8. The van der Waals surface area contributed by atoms with Gasteiger partial charge >= 0.3 is 11.9 Å². The molecule has 0 saturated heterocycles. The molecule has 0 aromatic heterocycles. The van der Waals surface area contributed by atoms with E-state index < -0.39 is 0 Å². The molecule has 4 heteroatoms. The van der Waals surface area contributed by atoms with Gasteiger partial charge < -0.3 is 9.47 Å². The number of carbonyl (C=O) groups is 2. The fourth-order valence-electron chi connectivity index (χ4n) is 7.20. The highest BCUT2D eigenvalue weighted by molar-refractivity contribution is 5.79. The van der Waals surface area contributed by atoms with Gasteiger partial charge in [-0.2, -0.15) is 0 Å². The highest BCUT2D eigenvalue weighted by Crippen LogP contribution is 2.20. The normalized spacial score (nSPS) is 12.1. The summed E-state index contributed by atoms with van der Waals surface area (Å²) in [4.78, 5) is 25.8. The quantitative estimate of drug-likeness (QED) is 0.0356. The standard InChI is InChI=1S/C48H92O4/c1-4-7-10-13-16-19-22-23-24-25-26-27-28-29-30-33-36-39-42-46(48(50)52-44-41-38-35-32-21-18-15-12-9-6-3)45-47(49)51-43-40-37-34-31-20-17-14-11-8-5-2/h13,16,46H,4-12,14-15,17-45H2,1-3H3/b16-13+. The minimum atomic E-state index is -0.361. The number of unbranched alkanes of at least 4 members (excludes halogenated alkanes) is 32. The Bertz CT molecular complexity index is 747. The van der Waals surface area contributed by atoms with Crippen LogP contribution in [0.15, 0.2) is 12.2 Å². The molecule has 0 rings (SSSR count). The summed E-state index contributed by atoms with van der Waals surface area (Å²) in [6.45, 7) is 7.75. The van der Waals surface area contributed by atoms with Crippen LogP contribution >= 0.6 is 0 Å². The SMILES string of the molecule is CCCC/C=C/CCCCCCCCCCCCCCC(CC(=O)OCCCCCCCCCCCC)C(=O)OCCCCCCCCCCCC. The molecule has 0 bridgehead atoms. The fraction of sp³-hybridized carbons (Fsp3) is 0.917. The maximum atomic E-state index is 13.1. The Balaban J connectivity index is 4.18. The van der Waals surface area contributed by atoms with Gasteiger partial charge in [0.15, 0.2) is 0 Å². The lowest BCUT2D eigenvalue weighted by Gasteiger charge is -2.16. The van der Waals surface area contributed by atoms with Crippen molar-refractivity contribution in [3.63, 3.8) is 0 Å². The molecule has 0 N–H and O–H groups in total. The molecule has 0 aromatic rings. The second-order valence-electron chi connectivity index (χ2n) is 16.1. The van der Waals surface area contributed by atoms with Crippen LogP contribution in [-0.4, -0.2) is 25.2 Å². The number of esters is 2. The Morgan fingerprint density at radius 3 is 1.13 bits per heavy atom. The summed E-state index contributed by atoms with van der Waals surface area (Å²) in [7, 11) is 0. The van der Waals surface area contributed by atoms with Crippen molar-refractivity contribution < 1.29 is 19.1 Å². The van der Waals surface area contributed by atoms with Crippen molar-refractivity contribution in [1.82, 2.24) is 0 Å². The van der Waals surface area contributed by atoms with E-state index in [0.29, 0.717) is 13.2 Å². The minimum Gasteiger partial charge on any atom is -0.466 e. The second-order valence-corrected chi connectivity index (χ2v) is 16.1. The Morgan fingerprint density at radius 1 is 0.385 bits per heavy atom. The molecule has 4 nitrogen and oxygen atoms in total. The van der Waals surface area contributed by atoms with Gasteiger partial charge in [-0.05, 0) is 38.5 Å². The van der Waals surface area contributed by atoms with Gasteiger partial charge in [-0.3, -0.25) is 9.59 Å². The highest BCUT2D eigenvalue weighted by Gasteiger charge is 2.24. The summed E-state index contributed by atoms with van der Waals surface area (Å²) in [5.41, 5.74) is 0. The van der Waals surface area contributed by atoms with Crippen molar-refractivity contribution in [2.45, 2.75) is 265 Å². The topological polar surface area (TPSA) is 52.6 Å². The van der Waals surface area contributed by atoms with Crippen LogP contribution in [0.1, 0.15) is 265 Å². The maximum Gasteiger partial charge on any atom is 0.309 e. The van der Waals surface area contributed by atoms with Crippen LogP contribution in [0, 0.1) is 5.92 Å². The molecule has 1 atom stereocenters. The van der Waals surface area contributed by atoms with E-state index >= 15 is 0 Å². The summed E-state index contributed by atoms with van der Waals surface area (Å²) >= 11 is 0. The molecule has 0 aromatic carbocycles. The molecule has 0 spiro atoms. The minimum absolute atomic E-state index is 0.171. The van der Waals surface area contributed by atoms with Crippen molar-refractivity contribution in [2.24, 2.45) is 5.92 Å². The van der Waals surface area contributed by atoms with Gasteiger partial charge in [-0.15, -0.1) is 0 Å². The largest absolute Gasteiger partial charge is 0.466 e. The van der Waals surface area contributed by atoms with E-state index in [2.05, 4.69) is 32.9 Å². The van der Waals surface area contributed by atoms with Crippen LogP contribution in [0.2, 0.25) is 0 Å². The Labute approximate surface area is 326 Å². The molecule has 52 heavy (non-hydrogen) atoms. The number of allylic oxidation sites excluding steroid dienone is 2. The van der Waals surface area contributed by atoms with E-state index in [1.54, 1.807) is 0 Å². The Morgan fingerprint density at radius 2 is 0.712 bits per heavy atom. The average Bonchev–Trinajstić information content (AvgIpc) is 3.14. The third-order valence-electron chi connectivity index (χ3n) is 10.8. The van der Waals surface area contributed by atoms with Crippen molar-refractivity contribution >= 4 is 11.9 Å². The summed E-state index contributed by atoms with van der Waals surface area (Å²) < 4.78 is 11.3. The van der Waals surface area contributed by atoms with Gasteiger partial charge in [0, 0.05) is 0 Å². The van der Waals surface area contributed by atoms with Crippen molar-refractivity contribution in [1.29, 1.82) is 0 Å². The lowest BCUT2D eigenvalue weighted by atomic mass is 9.97. The van der Waals surface area contributed by atoms with Gasteiger partial charge in [-0.1, -0.05) is 232 Å². The van der Waals surface area contributed by atoms with Crippen LogP contribution in [-0.2, 0) is 19.1 Å². The van der Waals surface area contributed by atoms with Crippen LogP contribution in [0.4, 0.5) is 0 Å². The zero-order valence-corrected chi connectivity index (χ0v) is 35.6. The van der Waals surface area contributed by atoms with Crippen LogP contribution in [0.5, 0.6) is 0 Å². The number of hydrogen-bond acceptors (Lipinski definition) is 4. The average molecular weight is 733 g/mol. The van der Waals surface area contributed by atoms with E-state index in [1.165, 1.54) is 193 Å². The molecule has 0 aliphatic rings. The first-order valence-corrected chi connectivity index (χ1v) is 23.6. The van der Waals surface area contributed by atoms with E-state index in [9.17, 15) is 9.59 Å². The van der Waals surface area contributed by atoms with Crippen molar-refractivity contribution in [3.05, 3.63) is 12.2 Å². The van der Waals surface area contributed by atoms with Crippen molar-refractivity contribution in [2.75, 3.05) is 13.2 Å². The van der Waals surface area contributed by atoms with Crippen LogP contribution < -0.4 is 0 Å². The first kappa shape index (κ1) is 50.7. The molecule has 0 aliphatic heterocycles. The monoisotopic (exact) mass is 733 g/mol. The molecule has 0 radical (unpaired) electrons. The van der Waals surface area contributed by atoms with Crippen LogP contribution in [0.25, 0.3) is 0 Å². The Hall–Kier alpha value is -1.32. The zero-order valence-electron chi connectivity index (χ0n) is 35.6. The fourth-order valence-corrected chi connectivity index (χ4v) is 7.20. The molecule has 0 saturated carbocycles. The second kappa shape index (κ2) is 44.1. The number of ether oxygens (including phenoxy) is 2. The van der Waals surface area contributed by atoms with Gasteiger partial charge in [0.1, 0.15) is 0 Å². The number of hydrogen-bond donors (Lipinski definition) is 0. The number of carbonyl (C=O) groups excluding carboxylic acids is 2. The molecular formula is C48H92O4. The van der Waals surface area contributed by atoms with E-state index in [4.69, 9.17) is 9.47 Å². The van der Waals surface area contributed by atoms with Gasteiger partial charge in [-0.25, -0.2) is 0 Å². The summed E-state index contributed by atoms with van der Waals surface area (Å²) in [6, 6.07) is 0. The van der Waals surface area contributed by atoms with Gasteiger partial charge in [0.05, 0.1) is 25.6 Å². The summed E-state index contributed by atoms with van der Waals surface area (Å²) in [5, 5.41) is 0.